The summed E-state index contributed by atoms with van der Waals surface area (Å²) in [6.07, 6.45) is 1.61. The molecule has 1 aromatic carbocycles. The minimum atomic E-state index is 0.426. The molecule has 98 valence electrons. The van der Waals surface area contributed by atoms with Gasteiger partial charge < -0.3 is 15.2 Å². The number of aromatic nitrogens is 1. The van der Waals surface area contributed by atoms with Crippen molar-refractivity contribution < 1.29 is 9.47 Å². The Morgan fingerprint density at radius 3 is 2.32 bits per heavy atom. The van der Waals surface area contributed by atoms with Crippen LogP contribution >= 0.6 is 0 Å². The number of amidine groups is 1. The fourth-order valence-corrected chi connectivity index (χ4v) is 1.52. The van der Waals surface area contributed by atoms with E-state index in [1.54, 1.807) is 32.5 Å². The normalized spacial score (nSPS) is 11.2. The lowest BCUT2D eigenvalue weighted by Gasteiger charge is -2.03. The van der Waals surface area contributed by atoms with Gasteiger partial charge in [0.05, 0.1) is 26.1 Å². The second-order valence-electron chi connectivity index (χ2n) is 3.78. The number of benzene rings is 1. The van der Waals surface area contributed by atoms with E-state index in [0.29, 0.717) is 17.4 Å². The largest absolute Gasteiger partial charge is 0.497 e. The highest BCUT2D eigenvalue weighted by molar-refractivity contribution is 5.99. The van der Waals surface area contributed by atoms with Gasteiger partial charge in [0, 0.05) is 11.6 Å². The van der Waals surface area contributed by atoms with Crippen molar-refractivity contribution in [1.82, 2.24) is 4.98 Å². The molecule has 0 atom stereocenters. The quantitative estimate of drug-likeness (QED) is 0.673. The number of methoxy groups -OCH3 is 2. The molecule has 0 bridgehead atoms. The number of hydrogen-bond donors (Lipinski definition) is 1. The van der Waals surface area contributed by atoms with Crippen LogP contribution in [-0.2, 0) is 0 Å². The molecule has 19 heavy (non-hydrogen) atoms. The molecule has 1 heterocycles. The first-order valence-corrected chi connectivity index (χ1v) is 5.71. The van der Waals surface area contributed by atoms with Crippen LogP contribution in [0.3, 0.4) is 0 Å². The zero-order chi connectivity index (χ0) is 13.7. The van der Waals surface area contributed by atoms with Gasteiger partial charge in [0.15, 0.2) is 0 Å². The minimum absolute atomic E-state index is 0.426. The second kappa shape index (κ2) is 5.86. The van der Waals surface area contributed by atoms with Gasteiger partial charge in [0.2, 0.25) is 5.88 Å². The number of ether oxygens (including phenoxy) is 2. The van der Waals surface area contributed by atoms with Crippen molar-refractivity contribution in [1.29, 1.82) is 0 Å². The number of pyridine rings is 1. The summed E-state index contributed by atoms with van der Waals surface area (Å²) in [6.45, 7) is 0. The Morgan fingerprint density at radius 1 is 1.05 bits per heavy atom. The molecule has 0 fully saturated rings. The predicted octanol–water partition coefficient (Wildman–Crippen LogP) is 2.14. The highest BCUT2D eigenvalue weighted by Crippen LogP contribution is 2.16. The first-order chi connectivity index (χ1) is 9.22. The summed E-state index contributed by atoms with van der Waals surface area (Å²) in [4.78, 5) is 8.36. The molecule has 2 aromatic rings. The average Bonchev–Trinajstić information content (AvgIpc) is 2.48. The number of hydrogen-bond acceptors (Lipinski definition) is 4. The molecule has 0 aliphatic carbocycles. The highest BCUT2D eigenvalue weighted by atomic mass is 16.5. The number of nitrogens with two attached hydrogens (primary N) is 1. The molecule has 0 amide bonds. The Morgan fingerprint density at radius 2 is 1.79 bits per heavy atom. The van der Waals surface area contributed by atoms with Gasteiger partial charge in [0.25, 0.3) is 0 Å². The molecule has 5 heteroatoms. The van der Waals surface area contributed by atoms with Gasteiger partial charge in [-0.05, 0) is 30.3 Å². The molecule has 0 saturated carbocycles. The highest BCUT2D eigenvalue weighted by Gasteiger charge is 2.00. The van der Waals surface area contributed by atoms with Crippen LogP contribution in [0.1, 0.15) is 5.56 Å². The van der Waals surface area contributed by atoms with Crippen molar-refractivity contribution in [2.75, 3.05) is 14.2 Å². The Hall–Kier alpha value is -2.56. The van der Waals surface area contributed by atoms with E-state index in [2.05, 4.69) is 9.98 Å². The summed E-state index contributed by atoms with van der Waals surface area (Å²) in [5, 5.41) is 0. The smallest absolute Gasteiger partial charge is 0.213 e. The predicted molar refractivity (Wildman–Crippen MR) is 74.2 cm³/mol. The van der Waals surface area contributed by atoms with Crippen molar-refractivity contribution in [3.8, 4) is 11.6 Å². The molecule has 0 unspecified atom stereocenters. The molecule has 0 saturated heterocycles. The van der Waals surface area contributed by atoms with Crippen molar-refractivity contribution in [2.45, 2.75) is 0 Å². The fourth-order valence-electron chi connectivity index (χ4n) is 1.52. The molecule has 0 spiro atoms. The topological polar surface area (TPSA) is 69.7 Å². The molecule has 1 aromatic heterocycles. The monoisotopic (exact) mass is 257 g/mol. The van der Waals surface area contributed by atoms with Gasteiger partial charge in [0.1, 0.15) is 11.6 Å². The first-order valence-electron chi connectivity index (χ1n) is 5.71. The SMILES string of the molecule is COc1ccc(C(N)=Nc2ccc(OC)nc2)cc1. The van der Waals surface area contributed by atoms with Crippen LogP contribution in [0.25, 0.3) is 0 Å². The lowest BCUT2D eigenvalue weighted by atomic mass is 10.2. The zero-order valence-corrected chi connectivity index (χ0v) is 10.8. The maximum absolute atomic E-state index is 5.94. The lowest BCUT2D eigenvalue weighted by molar-refractivity contribution is 0.398. The molecule has 5 nitrogen and oxygen atoms in total. The van der Waals surface area contributed by atoms with Crippen molar-refractivity contribution in [2.24, 2.45) is 10.7 Å². The van der Waals surface area contributed by atoms with Crippen LogP contribution in [0.15, 0.2) is 47.6 Å². The lowest BCUT2D eigenvalue weighted by Crippen LogP contribution is -2.12. The fraction of sp³-hybridized carbons (Fsp3) is 0.143. The van der Waals surface area contributed by atoms with Gasteiger partial charge in [-0.2, -0.15) is 0 Å². The van der Waals surface area contributed by atoms with Crippen molar-refractivity contribution >= 4 is 11.5 Å². The number of aliphatic imine (C=N–C) groups is 1. The van der Waals surface area contributed by atoms with Gasteiger partial charge in [-0.3, -0.25) is 0 Å². The van der Waals surface area contributed by atoms with E-state index in [1.165, 1.54) is 0 Å². The van der Waals surface area contributed by atoms with Crippen LogP contribution in [0.2, 0.25) is 0 Å². The van der Waals surface area contributed by atoms with Crippen LogP contribution in [0.5, 0.6) is 11.6 Å². The minimum Gasteiger partial charge on any atom is -0.497 e. The summed E-state index contributed by atoms with van der Waals surface area (Å²) in [6, 6.07) is 10.9. The molecule has 0 aliphatic heterocycles. The van der Waals surface area contributed by atoms with E-state index in [-0.39, 0.29) is 0 Å². The van der Waals surface area contributed by atoms with Crippen LogP contribution in [0, 0.1) is 0 Å². The van der Waals surface area contributed by atoms with E-state index in [1.807, 2.05) is 24.3 Å². The van der Waals surface area contributed by atoms with Crippen LogP contribution in [-0.4, -0.2) is 25.0 Å². The van der Waals surface area contributed by atoms with E-state index < -0.39 is 0 Å². The summed E-state index contributed by atoms with van der Waals surface area (Å²) < 4.78 is 10.1. The van der Waals surface area contributed by atoms with Gasteiger partial charge >= 0.3 is 0 Å². The first kappa shape index (κ1) is 12.9. The molecule has 2 rings (SSSR count). The van der Waals surface area contributed by atoms with Gasteiger partial charge in [-0.1, -0.05) is 0 Å². The van der Waals surface area contributed by atoms with E-state index in [0.717, 1.165) is 11.3 Å². The zero-order valence-electron chi connectivity index (χ0n) is 10.8. The Kier molecular flexibility index (Phi) is 3.97. The van der Waals surface area contributed by atoms with Gasteiger partial charge in [-0.25, -0.2) is 9.98 Å². The molecular weight excluding hydrogens is 242 g/mol. The Bertz CT molecular complexity index is 562. The summed E-state index contributed by atoms with van der Waals surface area (Å²) in [7, 11) is 3.19. The standard InChI is InChI=1S/C14H15N3O2/c1-18-12-6-3-10(4-7-12)14(15)17-11-5-8-13(19-2)16-9-11/h3-9H,1-2H3,(H2,15,17). The maximum Gasteiger partial charge on any atom is 0.213 e. The molecule has 2 N–H and O–H groups in total. The number of nitrogens with zero attached hydrogens (tertiary/aromatic N) is 2. The van der Waals surface area contributed by atoms with E-state index in [4.69, 9.17) is 15.2 Å². The Balaban J connectivity index is 2.20. The van der Waals surface area contributed by atoms with Gasteiger partial charge in [-0.15, -0.1) is 0 Å². The van der Waals surface area contributed by atoms with Crippen LogP contribution < -0.4 is 15.2 Å². The number of rotatable bonds is 4. The summed E-state index contributed by atoms with van der Waals surface area (Å²) >= 11 is 0. The third kappa shape index (κ3) is 3.22. The third-order valence-electron chi connectivity index (χ3n) is 2.57. The summed E-state index contributed by atoms with van der Waals surface area (Å²) in [5.41, 5.74) is 7.44. The molecule has 0 radical (unpaired) electrons. The molecular formula is C14H15N3O2. The van der Waals surface area contributed by atoms with E-state index >= 15 is 0 Å². The average molecular weight is 257 g/mol. The third-order valence-corrected chi connectivity index (χ3v) is 2.57. The van der Waals surface area contributed by atoms with Crippen LogP contribution in [0.4, 0.5) is 5.69 Å². The maximum atomic E-state index is 5.94. The summed E-state index contributed by atoms with van der Waals surface area (Å²) in [5.74, 6) is 1.75. The Labute approximate surface area is 111 Å². The van der Waals surface area contributed by atoms with Crippen molar-refractivity contribution in [3.63, 3.8) is 0 Å². The van der Waals surface area contributed by atoms with Crippen molar-refractivity contribution in [3.05, 3.63) is 48.2 Å². The second-order valence-corrected chi connectivity index (χ2v) is 3.78. The molecule has 0 aliphatic rings. The van der Waals surface area contributed by atoms with E-state index in [9.17, 15) is 0 Å².